The number of sulfone groups is 1. The third-order valence-corrected chi connectivity index (χ3v) is 15.7. The van der Waals surface area contributed by atoms with E-state index in [2.05, 4.69) is 52.1 Å². The van der Waals surface area contributed by atoms with Crippen LogP contribution in [0.5, 0.6) is 5.75 Å². The van der Waals surface area contributed by atoms with E-state index in [1.807, 2.05) is 18.2 Å². The number of allylic oxidation sites excluding steroid dienone is 1. The van der Waals surface area contributed by atoms with E-state index in [1.165, 1.54) is 49.7 Å². The van der Waals surface area contributed by atoms with Gasteiger partial charge in [0.15, 0.2) is 9.84 Å². The number of rotatable bonds is 8. The van der Waals surface area contributed by atoms with Crippen LogP contribution in [0.2, 0.25) is 18.1 Å². The van der Waals surface area contributed by atoms with E-state index in [0.29, 0.717) is 4.90 Å². The van der Waals surface area contributed by atoms with Crippen LogP contribution in [0.3, 0.4) is 0 Å². The highest BCUT2D eigenvalue weighted by Crippen LogP contribution is 2.62. The van der Waals surface area contributed by atoms with Crippen LogP contribution in [0.15, 0.2) is 65.6 Å². The minimum Gasteiger partial charge on any atom is -0.543 e. The van der Waals surface area contributed by atoms with E-state index >= 15 is 0 Å². The van der Waals surface area contributed by atoms with Gasteiger partial charge in [0.1, 0.15) is 5.75 Å². The molecule has 37 heavy (non-hydrogen) atoms. The lowest BCUT2D eigenvalue weighted by atomic mass is 9.48. The van der Waals surface area contributed by atoms with Crippen molar-refractivity contribution >= 4 is 18.2 Å². The molecular weight excluding hydrogens is 493 g/mol. The first kappa shape index (κ1) is 26.7. The second kappa shape index (κ2) is 9.71. The summed E-state index contributed by atoms with van der Waals surface area (Å²) in [5.41, 5.74) is 2.95. The van der Waals surface area contributed by atoms with Crippen molar-refractivity contribution in [2.75, 3.05) is 5.75 Å². The molecule has 0 N–H and O–H groups in total. The summed E-state index contributed by atoms with van der Waals surface area (Å²) in [4.78, 5) is 0.385. The van der Waals surface area contributed by atoms with Gasteiger partial charge in [0, 0.05) is 0 Å². The summed E-state index contributed by atoms with van der Waals surface area (Å²) in [5, 5.41) is 0.150. The lowest BCUT2D eigenvalue weighted by Gasteiger charge is -2.57. The van der Waals surface area contributed by atoms with E-state index in [9.17, 15) is 8.42 Å². The van der Waals surface area contributed by atoms with Gasteiger partial charge in [-0.1, -0.05) is 63.3 Å². The van der Waals surface area contributed by atoms with Crippen molar-refractivity contribution in [2.45, 2.75) is 94.2 Å². The molecule has 0 atom stereocenters. The first-order chi connectivity index (χ1) is 17.4. The minimum atomic E-state index is -3.30. The Labute approximate surface area is 225 Å². The molecule has 4 bridgehead atoms. The number of hydrogen-bond donors (Lipinski definition) is 0. The van der Waals surface area contributed by atoms with Crippen molar-refractivity contribution in [1.29, 1.82) is 0 Å². The van der Waals surface area contributed by atoms with Gasteiger partial charge in [0.05, 0.1) is 10.6 Å². The molecule has 0 amide bonds. The molecule has 2 aromatic carbocycles. The molecule has 0 saturated heterocycles. The lowest BCUT2D eigenvalue weighted by Crippen LogP contribution is -2.49. The van der Waals surface area contributed by atoms with Gasteiger partial charge in [-0.3, -0.25) is 0 Å². The third kappa shape index (κ3) is 5.49. The lowest BCUT2D eigenvalue weighted by molar-refractivity contribution is -0.00589. The number of benzene rings is 2. The monoisotopic (exact) mass is 536 g/mol. The fourth-order valence-electron chi connectivity index (χ4n) is 7.21. The Morgan fingerprint density at radius 1 is 0.919 bits per heavy atom. The van der Waals surface area contributed by atoms with Gasteiger partial charge < -0.3 is 4.43 Å². The maximum Gasteiger partial charge on any atom is 0.250 e. The van der Waals surface area contributed by atoms with Gasteiger partial charge in [-0.15, -0.1) is 0 Å². The van der Waals surface area contributed by atoms with Crippen LogP contribution in [-0.4, -0.2) is 22.5 Å². The number of hydrogen-bond acceptors (Lipinski definition) is 3. The fraction of sp³-hybridized carbons (Fsp3) is 0.562. The van der Waals surface area contributed by atoms with E-state index in [1.54, 1.807) is 24.3 Å². The zero-order valence-electron chi connectivity index (χ0n) is 23.3. The second-order valence-electron chi connectivity index (χ2n) is 13.7. The second-order valence-corrected chi connectivity index (χ2v) is 20.4. The van der Waals surface area contributed by atoms with E-state index in [4.69, 9.17) is 4.43 Å². The Balaban J connectivity index is 1.41. The highest BCUT2D eigenvalue weighted by Gasteiger charge is 2.53. The summed E-state index contributed by atoms with van der Waals surface area (Å²) in [6.45, 7) is 11.6. The van der Waals surface area contributed by atoms with Crippen LogP contribution in [0, 0.1) is 17.8 Å². The molecule has 4 aliphatic rings. The van der Waals surface area contributed by atoms with Crippen LogP contribution in [0.1, 0.15) is 70.4 Å². The molecule has 3 nitrogen and oxygen atoms in total. The molecule has 4 saturated carbocycles. The Morgan fingerprint density at radius 3 is 2.08 bits per heavy atom. The molecule has 4 aliphatic carbocycles. The summed E-state index contributed by atoms with van der Waals surface area (Å²) < 4.78 is 32.3. The van der Waals surface area contributed by atoms with Crippen LogP contribution >= 0.6 is 0 Å². The van der Waals surface area contributed by atoms with Gasteiger partial charge in [0.25, 0.3) is 0 Å². The highest BCUT2D eigenvalue weighted by molar-refractivity contribution is 7.91. The van der Waals surface area contributed by atoms with Crippen LogP contribution in [0.25, 0.3) is 0 Å². The Bertz CT molecular complexity index is 1220. The Kier molecular flexibility index (Phi) is 7.02. The van der Waals surface area contributed by atoms with Crippen molar-refractivity contribution < 1.29 is 12.8 Å². The molecule has 0 unspecified atom stereocenters. The van der Waals surface area contributed by atoms with E-state index in [-0.39, 0.29) is 16.2 Å². The molecule has 0 aromatic heterocycles. The van der Waals surface area contributed by atoms with Gasteiger partial charge >= 0.3 is 0 Å². The molecule has 200 valence electrons. The molecule has 0 aliphatic heterocycles. The average Bonchev–Trinajstić information content (AvgIpc) is 2.81. The molecular formula is C32H44O3SSi. The average molecular weight is 537 g/mol. The first-order valence-electron chi connectivity index (χ1n) is 14.1. The largest absolute Gasteiger partial charge is 0.543 e. The zero-order chi connectivity index (χ0) is 26.5. The van der Waals surface area contributed by atoms with Crippen molar-refractivity contribution in [2.24, 2.45) is 17.8 Å². The summed E-state index contributed by atoms with van der Waals surface area (Å²) >= 11 is 0. The van der Waals surface area contributed by atoms with Crippen molar-refractivity contribution in [3.8, 4) is 5.75 Å². The highest BCUT2D eigenvalue weighted by atomic mass is 32.2. The van der Waals surface area contributed by atoms with Crippen LogP contribution in [0.4, 0.5) is 0 Å². The normalized spacial score (nSPS) is 27.6. The molecule has 0 spiro atoms. The predicted molar refractivity (Wildman–Crippen MR) is 155 cm³/mol. The van der Waals surface area contributed by atoms with Crippen molar-refractivity contribution in [3.63, 3.8) is 0 Å². The van der Waals surface area contributed by atoms with Gasteiger partial charge in [-0.25, -0.2) is 8.42 Å². The van der Waals surface area contributed by atoms with Crippen LogP contribution < -0.4 is 4.43 Å². The van der Waals surface area contributed by atoms with Crippen molar-refractivity contribution in [3.05, 3.63) is 71.8 Å². The molecule has 6 rings (SSSR count). The van der Waals surface area contributed by atoms with Crippen LogP contribution in [-0.2, 0) is 21.7 Å². The van der Waals surface area contributed by atoms with Crippen molar-refractivity contribution in [1.82, 2.24) is 0 Å². The smallest absolute Gasteiger partial charge is 0.250 e. The summed E-state index contributed by atoms with van der Waals surface area (Å²) in [6.07, 6.45) is 12.8. The molecule has 4 fully saturated rings. The maximum atomic E-state index is 12.7. The van der Waals surface area contributed by atoms with E-state index in [0.717, 1.165) is 29.9 Å². The summed E-state index contributed by atoms with van der Waals surface area (Å²) in [5.74, 6) is 3.77. The molecule has 0 heterocycles. The maximum absolute atomic E-state index is 12.7. The summed E-state index contributed by atoms with van der Waals surface area (Å²) in [6, 6.07) is 15.6. The SMILES string of the molecule is CC(C)(C)[Si](C)(C)Oc1ccc(CC=CCS(=O)(=O)c2ccccc2)cc1C12CC3CC(CC(C3)C1)C2. The summed E-state index contributed by atoms with van der Waals surface area (Å²) in [7, 11) is -5.27. The third-order valence-electron chi connectivity index (χ3n) is 9.76. The van der Waals surface area contributed by atoms with Gasteiger partial charge in [-0.2, -0.15) is 0 Å². The zero-order valence-corrected chi connectivity index (χ0v) is 25.1. The molecule has 2 aromatic rings. The molecule has 0 radical (unpaired) electrons. The molecule has 5 heteroatoms. The predicted octanol–water partition coefficient (Wildman–Crippen LogP) is 8.11. The Hall–Kier alpha value is -1.85. The fourth-order valence-corrected chi connectivity index (χ4v) is 9.40. The quantitative estimate of drug-likeness (QED) is 0.253. The standard InChI is InChI=1S/C32H44O3SSi/c1-31(2,3)37(4,5)35-30-15-14-24(11-9-10-16-36(33,34)28-12-7-6-8-13-28)20-29(30)32-21-25-17-26(22-32)19-27(18-25)23-32/h6-10,12-15,20,25-27H,11,16-19,21-23H2,1-5H3. The minimum absolute atomic E-state index is 0.0331. The first-order valence-corrected chi connectivity index (χ1v) is 18.7. The van der Waals surface area contributed by atoms with Gasteiger partial charge in [0.2, 0.25) is 8.32 Å². The topological polar surface area (TPSA) is 43.4 Å². The Morgan fingerprint density at radius 2 is 1.51 bits per heavy atom. The van der Waals surface area contributed by atoms with Gasteiger partial charge in [-0.05, 0) is 116 Å². The van der Waals surface area contributed by atoms with E-state index < -0.39 is 18.2 Å².